The van der Waals surface area contributed by atoms with E-state index in [1.807, 2.05) is 0 Å². The largest absolute Gasteiger partial charge is 0.344 e. The highest BCUT2D eigenvalue weighted by Crippen LogP contribution is 2.34. The minimum Gasteiger partial charge on any atom is -0.344 e. The molecule has 1 aromatic carbocycles. The van der Waals surface area contributed by atoms with Crippen LogP contribution in [-0.2, 0) is 9.59 Å². The predicted molar refractivity (Wildman–Crippen MR) is 82.5 cm³/mol. The molecule has 0 spiro atoms. The number of amides is 2. The van der Waals surface area contributed by atoms with E-state index in [0.717, 1.165) is 12.1 Å². The average Bonchev–Trinajstić information content (AvgIpc) is 3.06. The van der Waals surface area contributed by atoms with Crippen molar-refractivity contribution in [1.29, 1.82) is 0 Å². The number of aromatic amines is 1. The zero-order chi connectivity index (χ0) is 17.4. The number of hydrogen-bond acceptors (Lipinski definition) is 3. The Morgan fingerprint density at radius 3 is 2.79 bits per heavy atom. The van der Waals surface area contributed by atoms with Gasteiger partial charge in [-0.15, -0.1) is 0 Å². The van der Waals surface area contributed by atoms with Crippen molar-refractivity contribution in [3.8, 4) is 0 Å². The van der Waals surface area contributed by atoms with E-state index in [4.69, 9.17) is 11.6 Å². The SMILES string of the molecule is CN1C[C@H](c2cc(Cl)n[nH]2)[C@@H](C(=O)Nc2ccc(F)cc2F)C1=O. The van der Waals surface area contributed by atoms with Gasteiger partial charge in [0.1, 0.15) is 17.6 Å². The normalized spacial score (nSPS) is 20.5. The van der Waals surface area contributed by atoms with Crippen LogP contribution in [0, 0.1) is 17.6 Å². The molecular weight excluding hydrogens is 342 g/mol. The second kappa shape index (κ2) is 6.20. The zero-order valence-electron chi connectivity index (χ0n) is 12.5. The fourth-order valence-electron chi connectivity index (χ4n) is 2.77. The highest BCUT2D eigenvalue weighted by Gasteiger charge is 2.45. The van der Waals surface area contributed by atoms with Crippen molar-refractivity contribution < 1.29 is 18.4 Å². The van der Waals surface area contributed by atoms with Crippen LogP contribution in [0.1, 0.15) is 11.6 Å². The van der Waals surface area contributed by atoms with Crippen molar-refractivity contribution in [3.63, 3.8) is 0 Å². The smallest absolute Gasteiger partial charge is 0.237 e. The summed E-state index contributed by atoms with van der Waals surface area (Å²) in [4.78, 5) is 26.2. The summed E-state index contributed by atoms with van der Waals surface area (Å²) in [6.45, 7) is 0.293. The molecule has 1 aromatic heterocycles. The second-order valence-corrected chi connectivity index (χ2v) is 5.95. The molecule has 0 radical (unpaired) electrons. The van der Waals surface area contributed by atoms with E-state index in [1.165, 1.54) is 11.0 Å². The first kappa shape index (κ1) is 16.4. The Bertz CT molecular complexity index is 811. The molecule has 24 heavy (non-hydrogen) atoms. The maximum Gasteiger partial charge on any atom is 0.237 e. The summed E-state index contributed by atoms with van der Waals surface area (Å²) in [5, 5.41) is 9.04. The number of benzene rings is 1. The zero-order valence-corrected chi connectivity index (χ0v) is 13.3. The Hall–Kier alpha value is -2.48. The van der Waals surface area contributed by atoms with E-state index in [2.05, 4.69) is 15.5 Å². The second-order valence-electron chi connectivity index (χ2n) is 5.56. The minimum absolute atomic E-state index is 0.190. The van der Waals surface area contributed by atoms with Gasteiger partial charge in [0.05, 0.1) is 5.69 Å². The number of likely N-dealkylation sites (tertiary alicyclic amines) is 1. The molecule has 126 valence electrons. The molecule has 1 fully saturated rings. The number of rotatable bonds is 3. The standard InChI is InChI=1S/C15H13ClF2N4O2/c1-22-6-8(11-5-12(16)21-20-11)13(15(22)24)14(23)19-10-3-2-7(17)4-9(10)18/h2-5,8,13H,6H2,1H3,(H,19,23)(H,20,21)/t8-,13+/m1/s1. The number of nitrogens with one attached hydrogen (secondary N) is 2. The third-order valence-corrected chi connectivity index (χ3v) is 4.15. The van der Waals surface area contributed by atoms with Crippen LogP contribution in [0.4, 0.5) is 14.5 Å². The van der Waals surface area contributed by atoms with Gasteiger partial charge in [0.15, 0.2) is 5.15 Å². The number of anilines is 1. The highest BCUT2D eigenvalue weighted by atomic mass is 35.5. The molecule has 0 bridgehead atoms. The molecule has 9 heteroatoms. The lowest BCUT2D eigenvalue weighted by molar-refractivity contribution is -0.135. The fraction of sp³-hybridized carbons (Fsp3) is 0.267. The van der Waals surface area contributed by atoms with Crippen molar-refractivity contribution in [1.82, 2.24) is 15.1 Å². The van der Waals surface area contributed by atoms with E-state index < -0.39 is 35.3 Å². The van der Waals surface area contributed by atoms with Gasteiger partial charge in [0, 0.05) is 31.3 Å². The van der Waals surface area contributed by atoms with Gasteiger partial charge in [-0.05, 0) is 18.2 Å². The summed E-state index contributed by atoms with van der Waals surface area (Å²) in [5.74, 6) is -4.30. The molecule has 2 heterocycles. The summed E-state index contributed by atoms with van der Waals surface area (Å²) in [6.07, 6.45) is 0. The molecule has 3 rings (SSSR count). The molecule has 0 unspecified atom stereocenters. The van der Waals surface area contributed by atoms with Crippen LogP contribution < -0.4 is 5.32 Å². The molecule has 2 atom stereocenters. The van der Waals surface area contributed by atoms with Crippen LogP contribution >= 0.6 is 11.6 Å². The molecule has 1 saturated heterocycles. The molecule has 0 aliphatic carbocycles. The molecule has 6 nitrogen and oxygen atoms in total. The van der Waals surface area contributed by atoms with Gasteiger partial charge in [-0.25, -0.2) is 8.78 Å². The topological polar surface area (TPSA) is 78.1 Å². The van der Waals surface area contributed by atoms with E-state index in [9.17, 15) is 18.4 Å². The Labute approximate surface area is 140 Å². The van der Waals surface area contributed by atoms with Crippen LogP contribution in [0.2, 0.25) is 5.15 Å². The number of aromatic nitrogens is 2. The predicted octanol–water partition coefficient (Wildman–Crippen LogP) is 2.15. The number of nitrogens with zero attached hydrogens (tertiary/aromatic N) is 2. The van der Waals surface area contributed by atoms with Crippen LogP contribution in [0.5, 0.6) is 0 Å². The number of halogens is 3. The van der Waals surface area contributed by atoms with Crippen LogP contribution in [0.25, 0.3) is 0 Å². The Morgan fingerprint density at radius 2 is 2.17 bits per heavy atom. The summed E-state index contributed by atoms with van der Waals surface area (Å²) < 4.78 is 26.7. The summed E-state index contributed by atoms with van der Waals surface area (Å²) in [6, 6.07) is 4.32. The van der Waals surface area contributed by atoms with E-state index >= 15 is 0 Å². The van der Waals surface area contributed by atoms with Crippen molar-refractivity contribution in [3.05, 3.63) is 46.7 Å². The number of hydrogen-bond donors (Lipinski definition) is 2. The van der Waals surface area contributed by atoms with Gasteiger partial charge < -0.3 is 10.2 Å². The monoisotopic (exact) mass is 354 g/mol. The lowest BCUT2D eigenvalue weighted by Gasteiger charge is -2.15. The van der Waals surface area contributed by atoms with Crippen molar-refractivity contribution in [2.75, 3.05) is 18.9 Å². The molecule has 2 aromatic rings. The molecule has 2 amide bonds. The Morgan fingerprint density at radius 1 is 1.42 bits per heavy atom. The third kappa shape index (κ3) is 2.96. The quantitative estimate of drug-likeness (QED) is 0.829. The summed E-state index contributed by atoms with van der Waals surface area (Å²) in [5.41, 5.74) is 0.350. The summed E-state index contributed by atoms with van der Waals surface area (Å²) in [7, 11) is 1.57. The van der Waals surface area contributed by atoms with Gasteiger partial charge in [0.25, 0.3) is 0 Å². The molecular formula is C15H13ClF2N4O2. The average molecular weight is 355 g/mol. The highest BCUT2D eigenvalue weighted by molar-refractivity contribution is 6.29. The van der Waals surface area contributed by atoms with Crippen LogP contribution in [0.15, 0.2) is 24.3 Å². The van der Waals surface area contributed by atoms with E-state index in [1.54, 1.807) is 7.05 Å². The van der Waals surface area contributed by atoms with Gasteiger partial charge in [0.2, 0.25) is 11.8 Å². The first-order chi connectivity index (χ1) is 11.4. The van der Waals surface area contributed by atoms with Crippen molar-refractivity contribution in [2.24, 2.45) is 5.92 Å². The summed E-state index contributed by atoms with van der Waals surface area (Å²) >= 11 is 5.78. The molecule has 1 aliphatic heterocycles. The van der Waals surface area contributed by atoms with Crippen LogP contribution in [0.3, 0.4) is 0 Å². The number of H-pyrrole nitrogens is 1. The van der Waals surface area contributed by atoms with Gasteiger partial charge in [-0.2, -0.15) is 5.10 Å². The maximum absolute atomic E-state index is 13.7. The van der Waals surface area contributed by atoms with E-state index in [0.29, 0.717) is 18.3 Å². The van der Waals surface area contributed by atoms with Gasteiger partial charge in [-0.3, -0.25) is 14.7 Å². The number of carbonyl (C=O) groups excluding carboxylic acids is 2. The number of likely N-dealkylation sites (N-methyl/N-ethyl adjacent to an activating group) is 1. The van der Waals surface area contributed by atoms with Crippen LogP contribution in [-0.4, -0.2) is 40.5 Å². The Kier molecular flexibility index (Phi) is 4.23. The fourth-order valence-corrected chi connectivity index (χ4v) is 2.93. The maximum atomic E-state index is 13.7. The van der Waals surface area contributed by atoms with Gasteiger partial charge in [-0.1, -0.05) is 11.6 Å². The Balaban J connectivity index is 1.86. The first-order valence-electron chi connectivity index (χ1n) is 7.08. The first-order valence-corrected chi connectivity index (χ1v) is 7.46. The van der Waals surface area contributed by atoms with Gasteiger partial charge >= 0.3 is 0 Å². The molecule has 2 N–H and O–H groups in total. The van der Waals surface area contributed by atoms with E-state index in [-0.39, 0.29) is 10.8 Å². The number of carbonyl (C=O) groups is 2. The molecule has 0 saturated carbocycles. The van der Waals surface area contributed by atoms with Crippen molar-refractivity contribution >= 4 is 29.1 Å². The minimum atomic E-state index is -1.06. The molecule has 1 aliphatic rings. The lowest BCUT2D eigenvalue weighted by Crippen LogP contribution is -2.33. The third-order valence-electron chi connectivity index (χ3n) is 3.95. The van der Waals surface area contributed by atoms with Crippen molar-refractivity contribution in [2.45, 2.75) is 5.92 Å². The lowest BCUT2D eigenvalue weighted by atomic mass is 9.91.